The summed E-state index contributed by atoms with van der Waals surface area (Å²) in [6.45, 7) is 5.01. The predicted molar refractivity (Wildman–Crippen MR) is 105 cm³/mol. The van der Waals surface area contributed by atoms with Gasteiger partial charge in [0.05, 0.1) is 0 Å². The standard InChI is InChI=1S/C17H38N2O4S2/c1-5-7-9-11-13-15-18(3)24(20,21)17-25(22,23)19(4)16-14-12-10-8-6-2/h5-17H2,1-4H3. The van der Waals surface area contributed by atoms with E-state index in [1.807, 2.05) is 0 Å². The number of sulfonamides is 2. The Balaban J connectivity index is 4.38. The highest BCUT2D eigenvalue weighted by molar-refractivity contribution is 8.05. The van der Waals surface area contributed by atoms with E-state index in [1.165, 1.54) is 22.7 Å². The van der Waals surface area contributed by atoms with Gasteiger partial charge in [-0.2, -0.15) is 0 Å². The van der Waals surface area contributed by atoms with Gasteiger partial charge >= 0.3 is 0 Å². The third-order valence-electron chi connectivity index (χ3n) is 4.40. The van der Waals surface area contributed by atoms with Crippen LogP contribution in [0.1, 0.15) is 78.1 Å². The maximum absolute atomic E-state index is 12.3. The lowest BCUT2D eigenvalue weighted by molar-refractivity contribution is 0.441. The second kappa shape index (κ2) is 13.1. The topological polar surface area (TPSA) is 74.8 Å². The van der Waals surface area contributed by atoms with Crippen LogP contribution in [0.4, 0.5) is 0 Å². The van der Waals surface area contributed by atoms with Gasteiger partial charge in [-0.3, -0.25) is 0 Å². The van der Waals surface area contributed by atoms with E-state index in [4.69, 9.17) is 0 Å². The summed E-state index contributed by atoms with van der Waals surface area (Å²) in [5, 5.41) is -0.836. The molecule has 0 rings (SSSR count). The van der Waals surface area contributed by atoms with E-state index in [-0.39, 0.29) is 0 Å². The maximum atomic E-state index is 12.3. The third-order valence-corrected chi connectivity index (χ3v) is 9.05. The molecule has 0 aromatic rings. The molecular weight excluding hydrogens is 360 g/mol. The lowest BCUT2D eigenvalue weighted by Crippen LogP contribution is -2.39. The molecule has 0 aliphatic carbocycles. The fraction of sp³-hybridized carbons (Fsp3) is 1.00. The van der Waals surface area contributed by atoms with Gasteiger partial charge < -0.3 is 0 Å². The van der Waals surface area contributed by atoms with E-state index in [0.717, 1.165) is 64.2 Å². The van der Waals surface area contributed by atoms with Crippen molar-refractivity contribution in [2.75, 3.05) is 32.3 Å². The zero-order valence-corrected chi connectivity index (χ0v) is 18.2. The minimum atomic E-state index is -3.79. The molecule has 0 atom stereocenters. The number of hydrogen-bond acceptors (Lipinski definition) is 4. The van der Waals surface area contributed by atoms with E-state index in [2.05, 4.69) is 13.8 Å². The summed E-state index contributed by atoms with van der Waals surface area (Å²) in [6.07, 6.45) is 10.2. The zero-order valence-electron chi connectivity index (χ0n) is 16.5. The predicted octanol–water partition coefficient (Wildman–Crippen LogP) is 3.41. The lowest BCUT2D eigenvalue weighted by atomic mass is 10.1. The van der Waals surface area contributed by atoms with Gasteiger partial charge in [-0.15, -0.1) is 0 Å². The summed E-state index contributed by atoms with van der Waals surface area (Å²) in [4.78, 5) is 0. The molecule has 0 fully saturated rings. The van der Waals surface area contributed by atoms with Crippen molar-refractivity contribution in [3.8, 4) is 0 Å². The van der Waals surface area contributed by atoms with Gasteiger partial charge in [0.15, 0.2) is 5.08 Å². The van der Waals surface area contributed by atoms with Crippen LogP contribution in [0.15, 0.2) is 0 Å². The van der Waals surface area contributed by atoms with Crippen molar-refractivity contribution < 1.29 is 16.8 Å². The fourth-order valence-corrected chi connectivity index (χ4v) is 6.28. The Morgan fingerprint density at radius 1 is 0.560 bits per heavy atom. The van der Waals surface area contributed by atoms with E-state index in [9.17, 15) is 16.8 Å². The smallest absolute Gasteiger partial charge is 0.211 e. The van der Waals surface area contributed by atoms with Gasteiger partial charge in [-0.1, -0.05) is 65.2 Å². The van der Waals surface area contributed by atoms with E-state index in [0.29, 0.717) is 13.1 Å². The minimum Gasteiger partial charge on any atom is -0.211 e. The number of nitrogens with zero attached hydrogens (tertiary/aromatic N) is 2. The van der Waals surface area contributed by atoms with Crippen LogP contribution in [-0.4, -0.2) is 57.7 Å². The van der Waals surface area contributed by atoms with Gasteiger partial charge in [0.2, 0.25) is 20.0 Å². The third kappa shape index (κ3) is 11.2. The Kier molecular flexibility index (Phi) is 13.0. The van der Waals surface area contributed by atoms with E-state index in [1.54, 1.807) is 0 Å². The molecule has 0 saturated carbocycles. The van der Waals surface area contributed by atoms with Crippen LogP contribution in [-0.2, 0) is 20.0 Å². The molecule has 25 heavy (non-hydrogen) atoms. The largest absolute Gasteiger partial charge is 0.229 e. The molecule has 0 unspecified atom stereocenters. The number of hydrogen-bond donors (Lipinski definition) is 0. The highest BCUT2D eigenvalue weighted by Gasteiger charge is 2.29. The average molecular weight is 399 g/mol. The van der Waals surface area contributed by atoms with Crippen LogP contribution in [0.3, 0.4) is 0 Å². The summed E-state index contributed by atoms with van der Waals surface area (Å²) in [5.41, 5.74) is 0. The summed E-state index contributed by atoms with van der Waals surface area (Å²) in [7, 11) is -4.65. The molecular formula is C17H38N2O4S2. The molecule has 0 bridgehead atoms. The minimum absolute atomic E-state index is 0.377. The molecule has 0 amide bonds. The van der Waals surface area contributed by atoms with Crippen molar-refractivity contribution >= 4 is 20.0 Å². The Bertz CT molecular complexity index is 485. The highest BCUT2D eigenvalue weighted by atomic mass is 32.3. The van der Waals surface area contributed by atoms with Crippen LogP contribution in [0.25, 0.3) is 0 Å². The highest BCUT2D eigenvalue weighted by Crippen LogP contribution is 2.11. The van der Waals surface area contributed by atoms with Gasteiger partial charge in [0.1, 0.15) is 0 Å². The van der Waals surface area contributed by atoms with Gasteiger partial charge in [0.25, 0.3) is 0 Å². The molecule has 8 heteroatoms. The Morgan fingerprint density at radius 3 is 1.20 bits per heavy atom. The SMILES string of the molecule is CCCCCCCN(C)S(=O)(=O)CS(=O)(=O)N(C)CCCCCCC. The van der Waals surface area contributed by atoms with Crippen LogP contribution >= 0.6 is 0 Å². The monoisotopic (exact) mass is 398 g/mol. The molecule has 0 saturated heterocycles. The van der Waals surface area contributed by atoms with E-state index >= 15 is 0 Å². The summed E-state index contributed by atoms with van der Waals surface area (Å²) >= 11 is 0. The molecule has 0 radical (unpaired) electrons. The maximum Gasteiger partial charge on any atom is 0.229 e. The average Bonchev–Trinajstić information content (AvgIpc) is 2.53. The van der Waals surface area contributed by atoms with Crippen molar-refractivity contribution in [1.82, 2.24) is 8.61 Å². The van der Waals surface area contributed by atoms with Crippen molar-refractivity contribution in [2.45, 2.75) is 78.1 Å². The first-order valence-corrected chi connectivity index (χ1v) is 12.8. The Morgan fingerprint density at radius 2 is 0.880 bits per heavy atom. The van der Waals surface area contributed by atoms with Crippen molar-refractivity contribution in [3.05, 3.63) is 0 Å². The first-order valence-electron chi connectivity index (χ1n) is 9.55. The second-order valence-electron chi connectivity index (χ2n) is 6.81. The van der Waals surface area contributed by atoms with E-state index < -0.39 is 25.1 Å². The molecule has 0 N–H and O–H groups in total. The lowest BCUT2D eigenvalue weighted by Gasteiger charge is -2.21. The Labute approximate surface area is 156 Å². The fourth-order valence-electron chi connectivity index (χ4n) is 2.52. The van der Waals surface area contributed by atoms with Crippen LogP contribution < -0.4 is 0 Å². The zero-order chi connectivity index (χ0) is 19.3. The molecule has 0 aliphatic heterocycles. The quantitative estimate of drug-likeness (QED) is 0.373. The van der Waals surface area contributed by atoms with Gasteiger partial charge in [-0.25, -0.2) is 25.4 Å². The first-order chi connectivity index (χ1) is 11.7. The van der Waals surface area contributed by atoms with Crippen molar-refractivity contribution in [3.63, 3.8) is 0 Å². The van der Waals surface area contributed by atoms with Gasteiger partial charge in [-0.05, 0) is 12.8 Å². The summed E-state index contributed by atoms with van der Waals surface area (Å²) in [6, 6.07) is 0. The molecule has 0 heterocycles. The van der Waals surface area contributed by atoms with Crippen molar-refractivity contribution in [2.24, 2.45) is 0 Å². The first kappa shape index (κ1) is 24.8. The van der Waals surface area contributed by atoms with Crippen LogP contribution in [0, 0.1) is 0 Å². The molecule has 152 valence electrons. The molecule has 0 aliphatic rings. The molecule has 6 nitrogen and oxygen atoms in total. The van der Waals surface area contributed by atoms with Crippen LogP contribution in [0.5, 0.6) is 0 Å². The number of unbranched alkanes of at least 4 members (excludes halogenated alkanes) is 8. The molecule has 0 spiro atoms. The van der Waals surface area contributed by atoms with Crippen LogP contribution in [0.2, 0.25) is 0 Å². The molecule has 0 aromatic heterocycles. The summed E-state index contributed by atoms with van der Waals surface area (Å²) in [5.74, 6) is 0. The Hall–Kier alpha value is -0.180. The summed E-state index contributed by atoms with van der Waals surface area (Å²) < 4.78 is 51.6. The van der Waals surface area contributed by atoms with Crippen molar-refractivity contribution in [1.29, 1.82) is 0 Å². The molecule has 0 aromatic carbocycles. The second-order valence-corrected chi connectivity index (χ2v) is 11.3. The normalized spacial score (nSPS) is 13.0. The van der Waals surface area contributed by atoms with Gasteiger partial charge in [0, 0.05) is 27.2 Å². The number of rotatable bonds is 16.